The van der Waals surface area contributed by atoms with Crippen LogP contribution in [0.4, 0.5) is 5.82 Å². The number of hydrogen-bond donors (Lipinski definition) is 1. The highest BCUT2D eigenvalue weighted by Crippen LogP contribution is 2.48. The lowest BCUT2D eigenvalue weighted by Gasteiger charge is -2.51. The van der Waals surface area contributed by atoms with Crippen molar-refractivity contribution in [2.45, 2.75) is 102 Å². The van der Waals surface area contributed by atoms with E-state index in [-0.39, 0.29) is 47.8 Å². The molecule has 1 aromatic heterocycles. The van der Waals surface area contributed by atoms with Gasteiger partial charge in [0.1, 0.15) is 24.1 Å². The topological polar surface area (TPSA) is 154 Å². The first-order chi connectivity index (χ1) is 22.0. The van der Waals surface area contributed by atoms with Gasteiger partial charge in [-0.1, -0.05) is 73.6 Å². The summed E-state index contributed by atoms with van der Waals surface area (Å²) in [6.45, 7) is 16.7. The van der Waals surface area contributed by atoms with E-state index in [1.165, 1.54) is 16.8 Å². The van der Waals surface area contributed by atoms with Crippen molar-refractivity contribution >= 4 is 39.0 Å². The molecule has 1 N–H and O–H groups in total. The number of amides is 1. The number of anilines is 1. The van der Waals surface area contributed by atoms with Gasteiger partial charge in [0.15, 0.2) is 6.23 Å². The van der Waals surface area contributed by atoms with Crippen molar-refractivity contribution in [2.24, 2.45) is 0 Å². The predicted molar refractivity (Wildman–Crippen MR) is 181 cm³/mol. The largest absolute Gasteiger partial charge is 0.414 e. The fourth-order valence-electron chi connectivity index (χ4n) is 6.35. The maximum Gasteiger partial charge on any atom is 0.351 e. The van der Waals surface area contributed by atoms with Crippen molar-refractivity contribution < 1.29 is 39.8 Å². The molecule has 2 aliphatic heterocycles. The highest BCUT2D eigenvalue weighted by Gasteiger charge is 2.62. The van der Waals surface area contributed by atoms with Crippen LogP contribution >= 0.6 is 0 Å². The van der Waals surface area contributed by atoms with Gasteiger partial charge in [-0.2, -0.15) is 13.4 Å². The van der Waals surface area contributed by atoms with Gasteiger partial charge >= 0.3 is 22.8 Å². The van der Waals surface area contributed by atoms with Crippen molar-refractivity contribution in [2.75, 3.05) is 31.4 Å². The van der Waals surface area contributed by atoms with Crippen LogP contribution in [0.25, 0.3) is 0 Å². The molecule has 47 heavy (non-hydrogen) atoms. The molecule has 262 valence electrons. The Morgan fingerprint density at radius 1 is 0.979 bits per heavy atom. The van der Waals surface area contributed by atoms with Gasteiger partial charge in [0.25, 0.3) is 16.0 Å². The second kappa shape index (κ2) is 15.1. The lowest BCUT2D eigenvalue weighted by Crippen LogP contribution is -2.66. The summed E-state index contributed by atoms with van der Waals surface area (Å²) in [6.07, 6.45) is -0.795. The van der Waals surface area contributed by atoms with Crippen LogP contribution in [0.2, 0.25) is 22.2 Å². The minimum Gasteiger partial charge on any atom is -0.414 e. The minimum atomic E-state index is -3.70. The monoisotopic (exact) mass is 711 g/mol. The molecular formula is C31H49N3O10SSi2. The molecule has 0 unspecified atom stereocenters. The Morgan fingerprint density at radius 2 is 1.60 bits per heavy atom. The van der Waals surface area contributed by atoms with Crippen molar-refractivity contribution in [1.29, 1.82) is 0 Å². The molecule has 4 rings (SSSR count). The van der Waals surface area contributed by atoms with Gasteiger partial charge in [0.05, 0.1) is 26.1 Å². The van der Waals surface area contributed by atoms with Crippen LogP contribution in [0.15, 0.2) is 47.4 Å². The number of aromatic nitrogens is 2. The average molecular weight is 712 g/mol. The number of nitrogens with zero attached hydrogens (tertiary/aromatic N) is 2. The van der Waals surface area contributed by atoms with Crippen LogP contribution in [-0.4, -0.2) is 85.4 Å². The normalized spacial score (nSPS) is 24.4. The highest BCUT2D eigenvalue weighted by molar-refractivity contribution is 7.85. The number of nitrogens with one attached hydrogen (secondary N) is 1. The van der Waals surface area contributed by atoms with Crippen LogP contribution in [0, 0.1) is 0 Å². The second-order valence-electron chi connectivity index (χ2n) is 13.3. The number of hydrogen-bond acceptors (Lipinski definition) is 11. The lowest BCUT2D eigenvalue weighted by atomic mass is 10.1. The van der Waals surface area contributed by atoms with Gasteiger partial charge in [0, 0.05) is 11.8 Å². The summed E-state index contributed by atoms with van der Waals surface area (Å²) in [7, 11) is -9.66. The van der Waals surface area contributed by atoms with Gasteiger partial charge in [-0.25, -0.2) is 4.79 Å². The Hall–Kier alpha value is -2.29. The zero-order valence-electron chi connectivity index (χ0n) is 28.7. The fourth-order valence-corrected chi connectivity index (χ4v) is 17.9. The van der Waals surface area contributed by atoms with Gasteiger partial charge in [-0.05, 0) is 40.4 Å². The predicted octanol–water partition coefficient (Wildman–Crippen LogP) is 4.71. The Kier molecular flexibility index (Phi) is 12.0. The maximum absolute atomic E-state index is 13.5. The van der Waals surface area contributed by atoms with E-state index >= 15 is 0 Å². The van der Waals surface area contributed by atoms with Crippen LogP contribution < -0.4 is 11.0 Å². The van der Waals surface area contributed by atoms with Crippen molar-refractivity contribution in [3.8, 4) is 0 Å². The summed E-state index contributed by atoms with van der Waals surface area (Å²) in [5.74, 6) is -0.332. The van der Waals surface area contributed by atoms with E-state index in [1.807, 2.05) is 0 Å². The molecule has 2 aliphatic rings. The number of fused-ring (bicyclic) bond motifs is 1. The smallest absolute Gasteiger partial charge is 0.351 e. The molecule has 16 heteroatoms. The molecule has 2 saturated heterocycles. The fraction of sp³-hybridized carbons (Fsp3) is 0.645. The summed E-state index contributed by atoms with van der Waals surface area (Å²) in [4.78, 5) is 30.3. The highest BCUT2D eigenvalue weighted by atomic mass is 32.2. The minimum absolute atomic E-state index is 0.0272. The van der Waals surface area contributed by atoms with E-state index in [0.29, 0.717) is 5.56 Å². The molecule has 0 bridgehead atoms. The Morgan fingerprint density at radius 3 is 2.15 bits per heavy atom. The van der Waals surface area contributed by atoms with Gasteiger partial charge < -0.3 is 27.8 Å². The molecule has 0 spiro atoms. The first-order valence-electron chi connectivity index (χ1n) is 16.1. The molecule has 2 fully saturated rings. The van der Waals surface area contributed by atoms with Crippen molar-refractivity contribution in [1.82, 2.24) is 9.55 Å². The second-order valence-corrected chi connectivity index (χ2v) is 23.8. The molecule has 3 heterocycles. The number of ether oxygens (including phenoxy) is 2. The molecule has 13 nitrogen and oxygen atoms in total. The molecule has 4 atom stereocenters. The zero-order chi connectivity index (χ0) is 34.7. The molecule has 1 aromatic carbocycles. The number of benzene rings is 1. The van der Waals surface area contributed by atoms with E-state index in [1.54, 1.807) is 30.3 Å². The summed E-state index contributed by atoms with van der Waals surface area (Å²) in [6, 6.07) is 10.1. The molecule has 0 saturated carbocycles. The van der Waals surface area contributed by atoms with E-state index in [0.717, 1.165) is 6.26 Å². The van der Waals surface area contributed by atoms with Crippen LogP contribution in [0.5, 0.6) is 0 Å². The number of carbonyl (C=O) groups excluding carboxylic acids is 1. The van der Waals surface area contributed by atoms with E-state index in [4.69, 9.17) is 26.6 Å². The summed E-state index contributed by atoms with van der Waals surface area (Å²) >= 11 is 0. The first-order valence-corrected chi connectivity index (χ1v) is 21.9. The molecule has 2 aromatic rings. The molecular weight excluding hydrogens is 663 g/mol. The summed E-state index contributed by atoms with van der Waals surface area (Å²) in [5, 5.41) is 2.66. The van der Waals surface area contributed by atoms with Crippen molar-refractivity contribution in [3.63, 3.8) is 0 Å². The van der Waals surface area contributed by atoms with E-state index in [9.17, 15) is 18.0 Å². The number of carbonyl (C=O) groups is 1. The van der Waals surface area contributed by atoms with Gasteiger partial charge in [-0.15, -0.1) is 0 Å². The Bertz CT molecular complexity index is 1520. The van der Waals surface area contributed by atoms with Gasteiger partial charge in [0.2, 0.25) is 0 Å². The standard InChI is InChI=1S/C31H49N3O10SSi2/c1-20(2)46(21(3)4)41-19-25-27(43-47(44-46,22(5)6)23(7)8)28(39-17-18-40-45(9,37)38)30(42-25)34-16-15-26(33-31(34)36)32-29(35)24-13-11-10-12-14-24/h10-16,20-23,25,27-28,30H,17-19H2,1-9H3,(H,32,33,35,36)/t25-,27-,28-,30-/m1/s1. The molecule has 0 aliphatic carbocycles. The van der Waals surface area contributed by atoms with Crippen LogP contribution in [0.1, 0.15) is 72.0 Å². The van der Waals surface area contributed by atoms with Crippen LogP contribution in [0.3, 0.4) is 0 Å². The Balaban J connectivity index is 1.73. The maximum atomic E-state index is 13.5. The van der Waals surface area contributed by atoms with Crippen molar-refractivity contribution in [3.05, 3.63) is 58.6 Å². The van der Waals surface area contributed by atoms with Gasteiger partial charge in [-0.3, -0.25) is 13.5 Å². The summed E-state index contributed by atoms with van der Waals surface area (Å²) in [5.41, 5.74) is 0.0319. The zero-order valence-corrected chi connectivity index (χ0v) is 31.5. The van der Waals surface area contributed by atoms with Crippen LogP contribution in [-0.2, 0) is 36.7 Å². The third-order valence-corrected chi connectivity index (χ3v) is 19.5. The third kappa shape index (κ3) is 8.30. The first kappa shape index (κ1) is 37.5. The average Bonchev–Trinajstić information content (AvgIpc) is 3.30. The third-order valence-electron chi connectivity index (χ3n) is 8.69. The summed E-state index contributed by atoms with van der Waals surface area (Å²) < 4.78 is 63.6. The molecule has 0 radical (unpaired) electrons. The molecule has 1 amide bonds. The van der Waals surface area contributed by atoms with E-state index in [2.05, 4.69) is 65.7 Å². The lowest BCUT2D eigenvalue weighted by molar-refractivity contribution is -0.0767. The SMILES string of the molecule is CC(C)[Si]1(C(C)C)OC[C@H]2O[C@@H](n3ccc(NC(=O)c4ccccc4)nc3=O)[C@H](OCCOS(C)(=O)=O)[C@@H]2O[Si](C(C)C)(C(C)C)O1. The number of rotatable bonds is 12. The quantitative estimate of drug-likeness (QED) is 0.185. The Labute approximate surface area is 279 Å². The van der Waals surface area contributed by atoms with E-state index < -0.39 is 63.4 Å².